The van der Waals surface area contributed by atoms with Gasteiger partial charge in [-0.25, -0.2) is 0 Å². The normalized spacial score (nSPS) is 14.3. The van der Waals surface area contributed by atoms with E-state index in [-0.39, 0.29) is 17.3 Å². The van der Waals surface area contributed by atoms with Crippen LogP contribution in [-0.4, -0.2) is 23.7 Å². The van der Waals surface area contributed by atoms with Gasteiger partial charge in [0.05, 0.1) is 21.3 Å². The number of likely N-dealkylation sites (N-methyl/N-ethyl adjacent to an activating group) is 1. The van der Waals surface area contributed by atoms with Crippen molar-refractivity contribution in [3.8, 4) is 11.8 Å². The molecule has 2 heterocycles. The highest BCUT2D eigenvalue weighted by atomic mass is 35.5. The van der Waals surface area contributed by atoms with E-state index in [2.05, 4.69) is 16.8 Å². The first kappa shape index (κ1) is 20.9. The monoisotopic (exact) mass is 446 g/mol. The smallest absolute Gasteiger partial charge is 0.262 e. The van der Waals surface area contributed by atoms with Gasteiger partial charge in [0.1, 0.15) is 0 Å². The summed E-state index contributed by atoms with van der Waals surface area (Å²) in [6.45, 7) is 0. The summed E-state index contributed by atoms with van der Waals surface area (Å²) >= 11 is 12.0. The number of anilines is 1. The number of carbonyl (C=O) groups excluding carboxylic acids is 2. The van der Waals surface area contributed by atoms with Gasteiger partial charge in [0.2, 0.25) is 5.78 Å². The second kappa shape index (κ2) is 8.77. The zero-order valence-corrected chi connectivity index (χ0v) is 18.0. The molecular weight excluding hydrogens is 431 g/mol. The molecule has 0 bridgehead atoms. The molecule has 0 N–H and O–H groups in total. The first-order valence-corrected chi connectivity index (χ1v) is 10.2. The number of nitrogens with zero attached hydrogens (tertiary/aromatic N) is 2. The Labute approximate surface area is 190 Å². The van der Waals surface area contributed by atoms with Crippen LogP contribution in [0.2, 0.25) is 10.0 Å². The molecule has 1 aliphatic heterocycles. The van der Waals surface area contributed by atoms with Crippen LogP contribution in [0.3, 0.4) is 0 Å². The summed E-state index contributed by atoms with van der Waals surface area (Å²) < 4.78 is 0. The lowest BCUT2D eigenvalue weighted by atomic mass is 9.92. The molecule has 0 saturated heterocycles. The van der Waals surface area contributed by atoms with Crippen LogP contribution in [0.5, 0.6) is 0 Å². The Hall–Kier alpha value is -3.39. The summed E-state index contributed by atoms with van der Waals surface area (Å²) in [5.41, 5.74) is 3.45. The molecule has 4 rings (SSSR count). The van der Waals surface area contributed by atoms with Gasteiger partial charge >= 0.3 is 0 Å². The highest BCUT2D eigenvalue weighted by Crippen LogP contribution is 2.32. The van der Waals surface area contributed by atoms with E-state index in [4.69, 9.17) is 23.2 Å². The van der Waals surface area contributed by atoms with Gasteiger partial charge in [0.15, 0.2) is 0 Å². The zero-order chi connectivity index (χ0) is 22.0. The van der Waals surface area contributed by atoms with Crippen molar-refractivity contribution in [3.63, 3.8) is 0 Å². The molecule has 0 aliphatic carbocycles. The fraction of sp³-hybridized carbons (Fsp3) is 0.0800. The van der Waals surface area contributed by atoms with Crippen molar-refractivity contribution in [2.45, 2.75) is 6.42 Å². The molecule has 4 nitrogen and oxygen atoms in total. The van der Waals surface area contributed by atoms with Crippen LogP contribution in [-0.2, 0) is 11.2 Å². The van der Waals surface area contributed by atoms with Crippen LogP contribution in [0, 0.1) is 11.8 Å². The van der Waals surface area contributed by atoms with Gasteiger partial charge in [0, 0.05) is 37.0 Å². The Balaban J connectivity index is 1.67. The zero-order valence-electron chi connectivity index (χ0n) is 16.5. The molecule has 0 fully saturated rings. The van der Waals surface area contributed by atoms with Crippen LogP contribution in [0.4, 0.5) is 5.69 Å². The number of amides is 1. The van der Waals surface area contributed by atoms with E-state index in [0.29, 0.717) is 38.8 Å². The lowest BCUT2D eigenvalue weighted by Crippen LogP contribution is -2.36. The van der Waals surface area contributed by atoms with Gasteiger partial charge < -0.3 is 4.90 Å². The minimum absolute atomic E-state index is 0.0651. The number of hydrogen-bond donors (Lipinski definition) is 0. The molecule has 1 aromatic heterocycles. The molecule has 3 aromatic rings. The Morgan fingerprint density at radius 3 is 2.52 bits per heavy atom. The largest absolute Gasteiger partial charge is 0.311 e. The molecule has 31 heavy (non-hydrogen) atoms. The average Bonchev–Trinajstić information content (AvgIpc) is 2.78. The lowest BCUT2D eigenvalue weighted by molar-refractivity contribution is -0.114. The van der Waals surface area contributed by atoms with Crippen molar-refractivity contribution in [1.82, 2.24) is 4.98 Å². The molecular formula is C25H16Cl2N2O2. The Bertz CT molecular complexity index is 1290. The number of fused-ring (bicyclic) bond motifs is 1. The van der Waals surface area contributed by atoms with Gasteiger partial charge in [-0.1, -0.05) is 41.1 Å². The molecule has 0 unspecified atom stereocenters. The molecule has 6 heteroatoms. The quantitative estimate of drug-likeness (QED) is 0.307. The number of benzene rings is 2. The van der Waals surface area contributed by atoms with Gasteiger partial charge in [0.25, 0.3) is 5.91 Å². The summed E-state index contributed by atoms with van der Waals surface area (Å²) in [5, 5.41) is 0.759. The van der Waals surface area contributed by atoms with E-state index >= 15 is 0 Å². The van der Waals surface area contributed by atoms with Gasteiger partial charge in [-0.05, 0) is 59.7 Å². The minimum atomic E-state index is -0.375. The second-order valence-corrected chi connectivity index (χ2v) is 7.81. The number of carbonyl (C=O) groups is 2. The second-order valence-electron chi connectivity index (χ2n) is 6.99. The summed E-state index contributed by atoms with van der Waals surface area (Å²) in [7, 11) is 1.64. The molecule has 1 amide bonds. The van der Waals surface area contributed by atoms with Gasteiger partial charge in [-0.15, -0.1) is 0 Å². The summed E-state index contributed by atoms with van der Waals surface area (Å²) in [4.78, 5) is 31.4. The molecule has 0 atom stereocenters. The number of aromatic nitrogens is 1. The highest BCUT2D eigenvalue weighted by molar-refractivity contribution is 6.42. The number of Topliss-reactive ketones (excluding diaryl/α,β-unsaturated/α-hetero) is 1. The van der Waals surface area contributed by atoms with Crippen molar-refractivity contribution >= 4 is 46.7 Å². The van der Waals surface area contributed by atoms with Crippen LogP contribution < -0.4 is 4.90 Å². The maximum Gasteiger partial charge on any atom is 0.262 e. The van der Waals surface area contributed by atoms with Gasteiger partial charge in [-0.3, -0.25) is 14.6 Å². The summed E-state index contributed by atoms with van der Waals surface area (Å²) in [5.74, 6) is 5.48. The van der Waals surface area contributed by atoms with E-state index in [1.54, 1.807) is 49.8 Å². The number of pyridine rings is 1. The maximum absolute atomic E-state index is 13.1. The molecule has 1 aliphatic rings. The fourth-order valence-corrected chi connectivity index (χ4v) is 3.57. The van der Waals surface area contributed by atoms with E-state index < -0.39 is 0 Å². The van der Waals surface area contributed by atoms with Crippen molar-refractivity contribution in [2.24, 2.45) is 0 Å². The fourth-order valence-electron chi connectivity index (χ4n) is 3.27. The Morgan fingerprint density at radius 1 is 1.00 bits per heavy atom. The van der Waals surface area contributed by atoms with E-state index in [0.717, 1.165) is 5.56 Å². The van der Waals surface area contributed by atoms with Crippen molar-refractivity contribution in [2.75, 3.05) is 11.9 Å². The Morgan fingerprint density at radius 2 is 1.77 bits per heavy atom. The van der Waals surface area contributed by atoms with Crippen LogP contribution in [0.1, 0.15) is 27.0 Å². The number of hydrogen-bond acceptors (Lipinski definition) is 3. The predicted molar refractivity (Wildman–Crippen MR) is 123 cm³/mol. The van der Waals surface area contributed by atoms with Crippen LogP contribution in [0.25, 0.3) is 6.08 Å². The van der Waals surface area contributed by atoms with Crippen molar-refractivity contribution < 1.29 is 9.59 Å². The topological polar surface area (TPSA) is 50.3 Å². The standard InChI is InChI=1S/C25H16Cl2N2O2/c1-29-23-8-6-17(4-2-3-16-9-11-28-12-10-16)13-19(23)24(30)20(25(29)31)14-18-5-7-21(26)22(27)15-18/h5-15H,3H2,1H3/b20-14+. The molecule has 2 aromatic carbocycles. The lowest BCUT2D eigenvalue weighted by Gasteiger charge is -2.26. The predicted octanol–water partition coefficient (Wildman–Crippen LogP) is 5.23. The molecule has 152 valence electrons. The average molecular weight is 447 g/mol. The molecule has 0 radical (unpaired) electrons. The maximum atomic E-state index is 13.1. The summed E-state index contributed by atoms with van der Waals surface area (Å²) in [6, 6.07) is 14.1. The molecule has 0 saturated carbocycles. The number of halogens is 2. The van der Waals surface area contributed by atoms with Crippen LogP contribution >= 0.6 is 23.2 Å². The van der Waals surface area contributed by atoms with E-state index in [1.807, 2.05) is 18.2 Å². The number of rotatable bonds is 2. The minimum Gasteiger partial charge on any atom is -0.311 e. The Kier molecular flexibility index (Phi) is 5.90. The summed E-state index contributed by atoms with van der Waals surface area (Å²) in [6.07, 6.45) is 5.56. The third kappa shape index (κ3) is 4.39. The highest BCUT2D eigenvalue weighted by Gasteiger charge is 2.32. The SMILES string of the molecule is CN1C(=O)/C(=C/c2ccc(Cl)c(Cl)c2)C(=O)c2cc(C#CCc3ccncc3)ccc21. The number of ketones is 1. The van der Waals surface area contributed by atoms with Gasteiger partial charge in [-0.2, -0.15) is 0 Å². The van der Waals surface area contributed by atoms with E-state index in [1.165, 1.54) is 11.0 Å². The molecule has 0 spiro atoms. The first-order valence-electron chi connectivity index (χ1n) is 9.45. The first-order chi connectivity index (χ1) is 14.9. The third-order valence-electron chi connectivity index (χ3n) is 4.91. The third-order valence-corrected chi connectivity index (χ3v) is 5.65. The van der Waals surface area contributed by atoms with Crippen molar-refractivity contribution in [3.05, 3.63) is 98.8 Å². The van der Waals surface area contributed by atoms with Crippen LogP contribution in [0.15, 0.2) is 66.5 Å². The van der Waals surface area contributed by atoms with Crippen molar-refractivity contribution in [1.29, 1.82) is 0 Å². The van der Waals surface area contributed by atoms with E-state index in [9.17, 15) is 9.59 Å².